The smallest absolute Gasteiger partial charge is 0.160 e. The first kappa shape index (κ1) is 12.4. The number of rotatable bonds is 4. The van der Waals surface area contributed by atoms with E-state index >= 15 is 0 Å². The highest BCUT2D eigenvalue weighted by atomic mass is 19.1. The van der Waals surface area contributed by atoms with Gasteiger partial charge in [0.15, 0.2) is 5.78 Å². The highest BCUT2D eigenvalue weighted by Gasteiger charge is 2.14. The van der Waals surface area contributed by atoms with Gasteiger partial charge >= 0.3 is 0 Å². The van der Waals surface area contributed by atoms with E-state index < -0.39 is 0 Å². The van der Waals surface area contributed by atoms with Crippen LogP contribution in [0.4, 0.5) is 4.39 Å². The number of hydrogen-bond acceptors (Lipinski definition) is 3. The summed E-state index contributed by atoms with van der Waals surface area (Å²) in [6.07, 6.45) is 2.44. The molecule has 0 aliphatic heterocycles. The Morgan fingerprint density at radius 3 is 2.89 bits per heavy atom. The summed E-state index contributed by atoms with van der Waals surface area (Å²) in [5.41, 5.74) is 1.69. The maximum atomic E-state index is 13.4. The van der Waals surface area contributed by atoms with E-state index in [0.717, 1.165) is 6.42 Å². The molecular formula is C13H14FN3O. The Balaban J connectivity index is 2.58. The van der Waals surface area contributed by atoms with Crippen LogP contribution in [-0.4, -0.2) is 20.8 Å². The van der Waals surface area contributed by atoms with Crippen molar-refractivity contribution < 1.29 is 9.18 Å². The molecule has 1 aromatic heterocycles. The van der Waals surface area contributed by atoms with Gasteiger partial charge in [-0.2, -0.15) is 0 Å². The Morgan fingerprint density at radius 1 is 1.44 bits per heavy atom. The molecule has 0 atom stereocenters. The number of carbonyl (C=O) groups is 1. The van der Waals surface area contributed by atoms with Crippen LogP contribution in [0.3, 0.4) is 0 Å². The van der Waals surface area contributed by atoms with Crippen LogP contribution in [0.25, 0.3) is 11.3 Å². The predicted molar refractivity (Wildman–Crippen MR) is 65.7 cm³/mol. The minimum absolute atomic E-state index is 0.103. The van der Waals surface area contributed by atoms with Crippen LogP contribution in [0.1, 0.15) is 30.6 Å². The van der Waals surface area contributed by atoms with Gasteiger partial charge in [0.1, 0.15) is 5.82 Å². The van der Waals surface area contributed by atoms with Gasteiger partial charge in [0.2, 0.25) is 0 Å². The Kier molecular flexibility index (Phi) is 3.50. The zero-order valence-electron chi connectivity index (χ0n) is 10.4. The summed E-state index contributed by atoms with van der Waals surface area (Å²) in [6, 6.07) is 4.13. The molecule has 0 fully saturated rings. The number of benzene rings is 1. The van der Waals surface area contributed by atoms with Crippen molar-refractivity contribution in [2.24, 2.45) is 0 Å². The topological polar surface area (TPSA) is 47.8 Å². The molecule has 0 aliphatic carbocycles. The van der Waals surface area contributed by atoms with E-state index in [2.05, 4.69) is 10.3 Å². The fourth-order valence-corrected chi connectivity index (χ4v) is 1.88. The maximum Gasteiger partial charge on any atom is 0.160 e. The van der Waals surface area contributed by atoms with Crippen molar-refractivity contribution in [1.29, 1.82) is 0 Å². The summed E-state index contributed by atoms with van der Waals surface area (Å²) in [4.78, 5) is 11.6. The Labute approximate surface area is 104 Å². The van der Waals surface area contributed by atoms with E-state index in [1.54, 1.807) is 10.9 Å². The van der Waals surface area contributed by atoms with Crippen LogP contribution in [0.15, 0.2) is 24.4 Å². The molecule has 18 heavy (non-hydrogen) atoms. The van der Waals surface area contributed by atoms with Crippen LogP contribution in [0.5, 0.6) is 0 Å². The Bertz CT molecular complexity index is 577. The van der Waals surface area contributed by atoms with Crippen LogP contribution in [0.2, 0.25) is 0 Å². The van der Waals surface area contributed by atoms with E-state index in [1.165, 1.54) is 25.1 Å². The molecule has 1 heterocycles. The summed E-state index contributed by atoms with van der Waals surface area (Å²) in [6.45, 7) is 4.16. The minimum Gasteiger partial charge on any atom is -0.294 e. The monoisotopic (exact) mass is 247 g/mol. The van der Waals surface area contributed by atoms with E-state index in [1.807, 2.05) is 6.92 Å². The van der Waals surface area contributed by atoms with Gasteiger partial charge in [-0.05, 0) is 31.5 Å². The van der Waals surface area contributed by atoms with Crippen LogP contribution in [0, 0.1) is 5.82 Å². The largest absolute Gasteiger partial charge is 0.294 e. The zero-order chi connectivity index (χ0) is 13.1. The predicted octanol–water partition coefficient (Wildman–Crippen LogP) is 2.70. The van der Waals surface area contributed by atoms with E-state index in [-0.39, 0.29) is 11.6 Å². The molecule has 0 unspecified atom stereocenters. The molecule has 5 heteroatoms. The normalized spacial score (nSPS) is 10.6. The summed E-state index contributed by atoms with van der Waals surface area (Å²) >= 11 is 0. The number of ketones is 1. The molecule has 4 nitrogen and oxygen atoms in total. The number of hydrogen-bond donors (Lipinski definition) is 0. The summed E-state index contributed by atoms with van der Waals surface area (Å²) in [5.74, 6) is -0.478. The van der Waals surface area contributed by atoms with Gasteiger partial charge in [-0.25, -0.2) is 9.07 Å². The average molecular weight is 247 g/mol. The van der Waals surface area contributed by atoms with Gasteiger partial charge in [-0.3, -0.25) is 4.79 Å². The zero-order valence-corrected chi connectivity index (χ0v) is 10.4. The van der Waals surface area contributed by atoms with Crippen LogP contribution >= 0.6 is 0 Å². The van der Waals surface area contributed by atoms with Crippen molar-refractivity contribution in [2.45, 2.75) is 26.8 Å². The molecule has 0 amide bonds. The molecule has 2 aromatic rings. The SMILES string of the molecule is CCCn1nncc1-c1cc(F)ccc1C(C)=O. The average Bonchev–Trinajstić information content (AvgIpc) is 2.77. The van der Waals surface area contributed by atoms with Gasteiger partial charge in [-0.15, -0.1) is 5.10 Å². The fourth-order valence-electron chi connectivity index (χ4n) is 1.88. The lowest BCUT2D eigenvalue weighted by molar-refractivity contribution is 0.101. The van der Waals surface area contributed by atoms with E-state index in [4.69, 9.17) is 0 Å². The molecule has 0 spiro atoms. The van der Waals surface area contributed by atoms with Gasteiger partial charge in [-0.1, -0.05) is 12.1 Å². The molecular weight excluding hydrogens is 233 g/mol. The van der Waals surface area contributed by atoms with Crippen LogP contribution < -0.4 is 0 Å². The number of aromatic nitrogens is 3. The van der Waals surface area contributed by atoms with Gasteiger partial charge in [0.05, 0.1) is 11.9 Å². The number of Topliss-reactive ketones (excluding diaryl/α,β-unsaturated/α-hetero) is 1. The number of halogens is 1. The highest BCUT2D eigenvalue weighted by Crippen LogP contribution is 2.24. The van der Waals surface area contributed by atoms with Crippen molar-refractivity contribution in [3.05, 3.63) is 35.8 Å². The van der Waals surface area contributed by atoms with Crippen molar-refractivity contribution in [2.75, 3.05) is 0 Å². The third-order valence-corrected chi connectivity index (χ3v) is 2.69. The highest BCUT2D eigenvalue weighted by molar-refractivity contribution is 6.00. The molecule has 0 saturated carbocycles. The second-order valence-corrected chi connectivity index (χ2v) is 4.09. The molecule has 94 valence electrons. The first-order valence-corrected chi connectivity index (χ1v) is 5.82. The number of nitrogens with zero attached hydrogens (tertiary/aromatic N) is 3. The van der Waals surface area contributed by atoms with Gasteiger partial charge in [0, 0.05) is 17.7 Å². The maximum absolute atomic E-state index is 13.4. The number of aryl methyl sites for hydroxylation is 1. The fraction of sp³-hybridized carbons (Fsp3) is 0.308. The van der Waals surface area contributed by atoms with E-state index in [0.29, 0.717) is 23.4 Å². The lowest BCUT2D eigenvalue weighted by Gasteiger charge is -2.08. The molecule has 0 saturated heterocycles. The minimum atomic E-state index is -0.376. The standard InChI is InChI=1S/C13H14FN3O/c1-3-6-17-13(8-15-16-17)12-7-10(14)4-5-11(12)9(2)18/h4-5,7-8H,3,6H2,1-2H3. The summed E-state index contributed by atoms with van der Waals surface area (Å²) in [7, 11) is 0. The second kappa shape index (κ2) is 5.08. The van der Waals surface area contributed by atoms with Crippen LogP contribution in [-0.2, 0) is 6.54 Å². The third-order valence-electron chi connectivity index (χ3n) is 2.69. The number of carbonyl (C=O) groups excluding carboxylic acids is 1. The van der Waals surface area contributed by atoms with Gasteiger partial charge in [0.25, 0.3) is 0 Å². The van der Waals surface area contributed by atoms with Crippen molar-refractivity contribution in [1.82, 2.24) is 15.0 Å². The first-order chi connectivity index (χ1) is 8.63. The van der Waals surface area contributed by atoms with E-state index in [9.17, 15) is 9.18 Å². The lowest BCUT2D eigenvalue weighted by atomic mass is 10.0. The van der Waals surface area contributed by atoms with Crippen molar-refractivity contribution in [3.63, 3.8) is 0 Å². The van der Waals surface area contributed by atoms with Crippen molar-refractivity contribution >= 4 is 5.78 Å². The molecule has 0 radical (unpaired) electrons. The summed E-state index contributed by atoms with van der Waals surface area (Å²) in [5, 5.41) is 7.77. The van der Waals surface area contributed by atoms with Gasteiger partial charge < -0.3 is 0 Å². The second-order valence-electron chi connectivity index (χ2n) is 4.09. The Morgan fingerprint density at radius 2 is 2.22 bits per heavy atom. The quantitative estimate of drug-likeness (QED) is 0.780. The molecule has 2 rings (SSSR count). The first-order valence-electron chi connectivity index (χ1n) is 5.82. The van der Waals surface area contributed by atoms with Crippen molar-refractivity contribution in [3.8, 4) is 11.3 Å². The molecule has 0 N–H and O–H groups in total. The molecule has 1 aromatic carbocycles. The Hall–Kier alpha value is -2.04. The lowest BCUT2D eigenvalue weighted by Crippen LogP contribution is -2.05. The summed E-state index contributed by atoms with van der Waals surface area (Å²) < 4.78 is 15.0. The third kappa shape index (κ3) is 2.30. The molecule has 0 bridgehead atoms. The molecule has 0 aliphatic rings.